The third kappa shape index (κ3) is 3.32. The first kappa shape index (κ1) is 13.1. The topological polar surface area (TPSA) is 20.3 Å². The van der Waals surface area contributed by atoms with Gasteiger partial charge in [-0.15, -0.1) is 0 Å². The van der Waals surface area contributed by atoms with Crippen molar-refractivity contribution in [3.05, 3.63) is 77.9 Å². The Hall–Kier alpha value is -2.35. The Balaban J connectivity index is 2.49. The maximum Gasteiger partial charge on any atom is 0.246 e. The lowest BCUT2D eigenvalue weighted by atomic mass is 9.97. The van der Waals surface area contributed by atoms with Crippen LogP contribution in [-0.2, 0) is 4.79 Å². The Labute approximate surface area is 114 Å². The van der Waals surface area contributed by atoms with Crippen molar-refractivity contribution in [1.29, 1.82) is 0 Å². The van der Waals surface area contributed by atoms with Gasteiger partial charge >= 0.3 is 0 Å². The van der Waals surface area contributed by atoms with Crippen LogP contribution in [-0.4, -0.2) is 24.9 Å². The first-order chi connectivity index (χ1) is 9.18. The minimum absolute atomic E-state index is 0.0114. The summed E-state index contributed by atoms with van der Waals surface area (Å²) in [4.78, 5) is 13.5. The molecule has 2 heteroatoms. The van der Waals surface area contributed by atoms with Crippen LogP contribution in [0, 0.1) is 0 Å². The van der Waals surface area contributed by atoms with Crippen molar-refractivity contribution in [1.82, 2.24) is 4.90 Å². The molecule has 2 aromatic carbocycles. The van der Waals surface area contributed by atoms with E-state index in [2.05, 4.69) is 0 Å². The van der Waals surface area contributed by atoms with Gasteiger partial charge < -0.3 is 4.90 Å². The summed E-state index contributed by atoms with van der Waals surface area (Å²) in [6.07, 6.45) is 1.69. The van der Waals surface area contributed by atoms with E-state index in [1.165, 1.54) is 0 Å². The van der Waals surface area contributed by atoms with Crippen LogP contribution in [0.2, 0.25) is 0 Å². The first-order valence-electron chi connectivity index (χ1n) is 6.22. The highest BCUT2D eigenvalue weighted by Crippen LogP contribution is 2.23. The second-order valence-electron chi connectivity index (χ2n) is 4.52. The van der Waals surface area contributed by atoms with Crippen molar-refractivity contribution in [2.75, 3.05) is 14.1 Å². The number of nitrogens with zero attached hydrogens (tertiary/aromatic N) is 1. The molecule has 0 bridgehead atoms. The maximum absolute atomic E-state index is 11.9. The SMILES string of the molecule is CN(C)C(=O)C=C(c1ccccc1)c1ccccc1. The third-order valence-corrected chi connectivity index (χ3v) is 2.88. The fraction of sp³-hybridized carbons (Fsp3) is 0.118. The van der Waals surface area contributed by atoms with Crippen LogP contribution in [0.5, 0.6) is 0 Å². The molecule has 0 radical (unpaired) electrons. The molecule has 0 fully saturated rings. The summed E-state index contributed by atoms with van der Waals surface area (Å²) >= 11 is 0. The molecule has 0 unspecified atom stereocenters. The third-order valence-electron chi connectivity index (χ3n) is 2.88. The van der Waals surface area contributed by atoms with Gasteiger partial charge in [0.25, 0.3) is 0 Å². The average Bonchev–Trinajstić information content (AvgIpc) is 2.46. The second kappa shape index (κ2) is 6.01. The zero-order valence-electron chi connectivity index (χ0n) is 11.2. The predicted molar refractivity (Wildman–Crippen MR) is 78.7 cm³/mol. The standard InChI is InChI=1S/C17H17NO/c1-18(2)17(19)13-16(14-9-5-3-6-10-14)15-11-7-4-8-12-15/h3-13H,1-2H3. The van der Waals surface area contributed by atoms with Crippen molar-refractivity contribution in [2.24, 2.45) is 0 Å². The minimum Gasteiger partial charge on any atom is -0.345 e. The number of amides is 1. The molecular weight excluding hydrogens is 234 g/mol. The van der Waals surface area contributed by atoms with Crippen molar-refractivity contribution >= 4 is 11.5 Å². The van der Waals surface area contributed by atoms with Gasteiger partial charge in [0.1, 0.15) is 0 Å². The number of hydrogen-bond donors (Lipinski definition) is 0. The van der Waals surface area contributed by atoms with Gasteiger partial charge in [0.05, 0.1) is 0 Å². The molecule has 0 aliphatic rings. The molecule has 0 aliphatic carbocycles. The van der Waals surface area contributed by atoms with Gasteiger partial charge in [-0.05, 0) is 16.7 Å². The van der Waals surface area contributed by atoms with Crippen LogP contribution in [0.3, 0.4) is 0 Å². The molecule has 2 nitrogen and oxygen atoms in total. The molecule has 0 saturated carbocycles. The fourth-order valence-corrected chi connectivity index (χ4v) is 1.82. The summed E-state index contributed by atoms with van der Waals surface area (Å²) in [5, 5.41) is 0. The summed E-state index contributed by atoms with van der Waals surface area (Å²) in [6, 6.07) is 19.9. The number of carbonyl (C=O) groups excluding carboxylic acids is 1. The maximum atomic E-state index is 11.9. The van der Waals surface area contributed by atoms with Gasteiger partial charge in [-0.1, -0.05) is 60.7 Å². The largest absolute Gasteiger partial charge is 0.345 e. The second-order valence-corrected chi connectivity index (χ2v) is 4.52. The number of benzene rings is 2. The quantitative estimate of drug-likeness (QED) is 0.767. The molecule has 2 rings (SSSR count). The van der Waals surface area contributed by atoms with E-state index in [9.17, 15) is 4.79 Å². The van der Waals surface area contributed by atoms with Gasteiger partial charge in [0, 0.05) is 20.2 Å². The monoisotopic (exact) mass is 251 g/mol. The molecule has 0 aromatic heterocycles. The zero-order valence-corrected chi connectivity index (χ0v) is 11.2. The summed E-state index contributed by atoms with van der Waals surface area (Å²) in [5.41, 5.74) is 3.03. The summed E-state index contributed by atoms with van der Waals surface area (Å²) in [5.74, 6) is -0.0114. The molecule has 2 aromatic rings. The molecule has 19 heavy (non-hydrogen) atoms. The number of carbonyl (C=O) groups is 1. The van der Waals surface area contributed by atoms with Crippen molar-refractivity contribution in [3.63, 3.8) is 0 Å². The minimum atomic E-state index is -0.0114. The highest BCUT2D eigenvalue weighted by atomic mass is 16.2. The lowest BCUT2D eigenvalue weighted by molar-refractivity contribution is -0.123. The molecular formula is C17H17NO. The van der Waals surface area contributed by atoms with E-state index in [0.717, 1.165) is 16.7 Å². The normalized spacial score (nSPS) is 9.79. The van der Waals surface area contributed by atoms with Gasteiger partial charge in [-0.25, -0.2) is 0 Å². The van der Waals surface area contributed by atoms with E-state index in [1.807, 2.05) is 60.7 Å². The van der Waals surface area contributed by atoms with Crippen molar-refractivity contribution in [3.8, 4) is 0 Å². The van der Waals surface area contributed by atoms with Crippen LogP contribution in [0.15, 0.2) is 66.7 Å². The van der Waals surface area contributed by atoms with Crippen molar-refractivity contribution < 1.29 is 4.79 Å². The molecule has 0 atom stereocenters. The molecule has 0 N–H and O–H groups in total. The fourth-order valence-electron chi connectivity index (χ4n) is 1.82. The molecule has 0 spiro atoms. The van der Waals surface area contributed by atoms with E-state index >= 15 is 0 Å². The summed E-state index contributed by atoms with van der Waals surface area (Å²) in [6.45, 7) is 0. The van der Waals surface area contributed by atoms with Gasteiger partial charge in [0.2, 0.25) is 5.91 Å². The summed E-state index contributed by atoms with van der Waals surface area (Å²) in [7, 11) is 3.51. The molecule has 96 valence electrons. The Kier molecular flexibility index (Phi) is 4.14. The van der Waals surface area contributed by atoms with Crippen molar-refractivity contribution in [2.45, 2.75) is 0 Å². The number of hydrogen-bond acceptors (Lipinski definition) is 1. The number of rotatable bonds is 3. The highest BCUT2D eigenvalue weighted by Gasteiger charge is 2.08. The smallest absolute Gasteiger partial charge is 0.246 e. The Morgan fingerprint density at radius 3 is 1.63 bits per heavy atom. The lowest BCUT2D eigenvalue weighted by Crippen LogP contribution is -2.19. The van der Waals surface area contributed by atoms with E-state index in [4.69, 9.17) is 0 Å². The molecule has 0 aliphatic heterocycles. The van der Waals surface area contributed by atoms with Gasteiger partial charge in [0.15, 0.2) is 0 Å². The molecule has 1 amide bonds. The highest BCUT2D eigenvalue weighted by molar-refractivity contribution is 5.98. The number of likely N-dealkylation sites (N-methyl/N-ethyl adjacent to an activating group) is 1. The van der Waals surface area contributed by atoms with Crippen LogP contribution in [0.4, 0.5) is 0 Å². The Bertz CT molecular complexity index is 529. The van der Waals surface area contributed by atoms with Gasteiger partial charge in [-0.3, -0.25) is 4.79 Å². The van der Waals surface area contributed by atoms with Crippen LogP contribution in [0.1, 0.15) is 11.1 Å². The van der Waals surface area contributed by atoms with E-state index in [0.29, 0.717) is 0 Å². The van der Waals surface area contributed by atoms with E-state index in [1.54, 1.807) is 25.1 Å². The van der Waals surface area contributed by atoms with Crippen LogP contribution < -0.4 is 0 Å². The van der Waals surface area contributed by atoms with E-state index in [-0.39, 0.29) is 5.91 Å². The predicted octanol–water partition coefficient (Wildman–Crippen LogP) is 3.21. The molecule has 0 saturated heterocycles. The van der Waals surface area contributed by atoms with E-state index < -0.39 is 0 Å². The Morgan fingerprint density at radius 2 is 1.26 bits per heavy atom. The summed E-state index contributed by atoms with van der Waals surface area (Å²) < 4.78 is 0. The molecule has 0 heterocycles. The Morgan fingerprint density at radius 1 is 0.842 bits per heavy atom. The first-order valence-corrected chi connectivity index (χ1v) is 6.22. The van der Waals surface area contributed by atoms with Gasteiger partial charge in [-0.2, -0.15) is 0 Å². The lowest BCUT2D eigenvalue weighted by Gasteiger charge is -2.11. The van der Waals surface area contributed by atoms with Crippen LogP contribution in [0.25, 0.3) is 5.57 Å². The zero-order chi connectivity index (χ0) is 13.7. The van der Waals surface area contributed by atoms with Crippen LogP contribution >= 0.6 is 0 Å². The average molecular weight is 251 g/mol.